The number of thiophene rings is 3. The van der Waals surface area contributed by atoms with E-state index in [1.54, 1.807) is 34.0 Å². The number of carbonyl (C=O) groups is 1. The first-order valence-corrected chi connectivity index (χ1v) is 29.3. The van der Waals surface area contributed by atoms with E-state index in [1.807, 2.05) is 6.07 Å². The fourth-order valence-electron chi connectivity index (χ4n) is 11.8. The maximum atomic E-state index is 11.9. The number of benzene rings is 5. The van der Waals surface area contributed by atoms with Gasteiger partial charge in [0.1, 0.15) is 24.9 Å². The standard InChI is InChI=1S/C66H64N2O4S3/c1-7-9-11-13-19-42-35-48(36-44(40-67)64(69)70)73-60(42)57-37-43(20-14-12-10-8-2)62(74-57)63-59-58(71-33-34-72-59)61(75-63)41-25-27-45(28-26-41)68(46-29-31-51-49-21-15-17-23-53(49)65(3,4)55(51)38-46)47-30-32-52-50-22-16-18-24-54(50)66(5,6)56(52)39-47/h15-18,21-32,35-39H,7-14,19-20,33-34H2,1-6H3,(H,69,70)/b44-36+. The van der Waals surface area contributed by atoms with E-state index in [0.717, 1.165) is 98.6 Å². The van der Waals surface area contributed by atoms with E-state index in [-0.39, 0.29) is 16.4 Å². The van der Waals surface area contributed by atoms with Crippen LogP contribution in [0, 0.1) is 11.3 Å². The van der Waals surface area contributed by atoms with Gasteiger partial charge in [0, 0.05) is 42.5 Å². The van der Waals surface area contributed by atoms with E-state index >= 15 is 0 Å². The van der Waals surface area contributed by atoms with Gasteiger partial charge in [-0.2, -0.15) is 5.26 Å². The molecule has 9 heteroatoms. The third kappa shape index (κ3) is 9.23. The summed E-state index contributed by atoms with van der Waals surface area (Å²) in [6.45, 7) is 14.8. The molecule has 3 aliphatic rings. The van der Waals surface area contributed by atoms with Crippen LogP contribution < -0.4 is 14.4 Å². The Kier molecular flexibility index (Phi) is 14.0. The van der Waals surface area contributed by atoms with Crippen molar-refractivity contribution in [2.75, 3.05) is 18.1 Å². The summed E-state index contributed by atoms with van der Waals surface area (Å²) < 4.78 is 13.2. The third-order valence-corrected chi connectivity index (χ3v) is 19.6. The van der Waals surface area contributed by atoms with Crippen molar-refractivity contribution in [3.8, 4) is 69.8 Å². The van der Waals surface area contributed by atoms with Crippen LogP contribution >= 0.6 is 34.0 Å². The first kappa shape index (κ1) is 50.5. The van der Waals surface area contributed by atoms with E-state index < -0.39 is 5.97 Å². The molecule has 0 saturated heterocycles. The van der Waals surface area contributed by atoms with E-state index in [9.17, 15) is 15.2 Å². The summed E-state index contributed by atoms with van der Waals surface area (Å²) in [6, 6.07) is 47.2. The molecule has 11 rings (SSSR count). The second-order valence-electron chi connectivity index (χ2n) is 21.4. The van der Waals surface area contributed by atoms with Gasteiger partial charge in [-0.15, -0.1) is 34.0 Å². The second kappa shape index (κ2) is 20.8. The summed E-state index contributed by atoms with van der Waals surface area (Å²) in [5.74, 6) is 0.409. The van der Waals surface area contributed by atoms with Gasteiger partial charge in [-0.3, -0.25) is 0 Å². The third-order valence-electron chi connectivity index (χ3n) is 15.7. The number of fused-ring (bicyclic) bond motifs is 7. The van der Waals surface area contributed by atoms with Gasteiger partial charge >= 0.3 is 5.97 Å². The highest BCUT2D eigenvalue weighted by molar-refractivity contribution is 7.28. The molecule has 75 heavy (non-hydrogen) atoms. The zero-order chi connectivity index (χ0) is 52.0. The minimum Gasteiger partial charge on any atom is -0.485 e. The number of unbranched alkanes of at least 4 members (excludes halogenated alkanes) is 6. The minimum atomic E-state index is -1.21. The summed E-state index contributed by atoms with van der Waals surface area (Å²) >= 11 is 5.14. The van der Waals surface area contributed by atoms with Crippen LogP contribution in [-0.4, -0.2) is 24.3 Å². The van der Waals surface area contributed by atoms with Crippen molar-refractivity contribution in [3.63, 3.8) is 0 Å². The average molecular weight is 1050 g/mol. The topological polar surface area (TPSA) is 82.8 Å². The Morgan fingerprint density at radius 2 is 1.11 bits per heavy atom. The normalized spacial score (nSPS) is 14.5. The van der Waals surface area contributed by atoms with Crippen LogP contribution in [-0.2, 0) is 28.5 Å². The summed E-state index contributed by atoms with van der Waals surface area (Å²) in [5, 5.41) is 19.4. The molecule has 0 atom stereocenters. The van der Waals surface area contributed by atoms with Gasteiger partial charge in [-0.1, -0.05) is 153 Å². The van der Waals surface area contributed by atoms with Crippen molar-refractivity contribution in [2.24, 2.45) is 0 Å². The highest BCUT2D eigenvalue weighted by Crippen LogP contribution is 2.58. The predicted octanol–water partition coefficient (Wildman–Crippen LogP) is 19.0. The number of hydrogen-bond donors (Lipinski definition) is 1. The molecule has 1 N–H and O–H groups in total. The molecule has 4 heterocycles. The zero-order valence-electron chi connectivity index (χ0n) is 43.9. The van der Waals surface area contributed by atoms with Gasteiger partial charge in [0.05, 0.1) is 14.6 Å². The lowest BCUT2D eigenvalue weighted by atomic mass is 9.82. The van der Waals surface area contributed by atoms with Crippen molar-refractivity contribution < 1.29 is 19.4 Å². The average Bonchev–Trinajstić information content (AvgIpc) is 4.28. The summed E-state index contributed by atoms with van der Waals surface area (Å²) in [5.41, 5.74) is 16.9. The number of carboxylic acid groups (broad SMARTS) is 1. The predicted molar refractivity (Wildman–Crippen MR) is 314 cm³/mol. The van der Waals surface area contributed by atoms with Gasteiger partial charge in [-0.25, -0.2) is 4.79 Å². The molecule has 380 valence electrons. The number of nitrogens with zero attached hydrogens (tertiary/aromatic N) is 2. The number of carboxylic acids is 1. The smallest absolute Gasteiger partial charge is 0.346 e. The van der Waals surface area contributed by atoms with Crippen molar-refractivity contribution in [3.05, 3.63) is 165 Å². The highest BCUT2D eigenvalue weighted by atomic mass is 32.1. The van der Waals surface area contributed by atoms with Crippen molar-refractivity contribution in [2.45, 2.75) is 117 Å². The number of rotatable bonds is 18. The Bertz CT molecular complexity index is 3440. The van der Waals surface area contributed by atoms with E-state index in [2.05, 4.69) is 168 Å². The van der Waals surface area contributed by atoms with Crippen LogP contribution in [0.1, 0.15) is 131 Å². The number of aliphatic carboxylic acids is 1. The number of ether oxygens (including phenoxy) is 2. The molecule has 0 fully saturated rings. The Labute approximate surface area is 454 Å². The molecule has 0 bridgehead atoms. The molecule has 6 nitrogen and oxygen atoms in total. The Balaban J connectivity index is 1.00. The molecule has 1 aliphatic heterocycles. The number of hydrogen-bond acceptors (Lipinski definition) is 8. The van der Waals surface area contributed by atoms with Gasteiger partial charge in [0.15, 0.2) is 11.5 Å². The van der Waals surface area contributed by atoms with Crippen LogP contribution in [0.3, 0.4) is 0 Å². The van der Waals surface area contributed by atoms with E-state index in [0.29, 0.717) is 13.2 Å². The fraction of sp³-hybridized carbons (Fsp3) is 0.303. The Morgan fingerprint density at radius 1 is 0.587 bits per heavy atom. The minimum absolute atomic E-state index is 0.152. The van der Waals surface area contributed by atoms with Gasteiger partial charge in [0.25, 0.3) is 0 Å². The van der Waals surface area contributed by atoms with Gasteiger partial charge in [-0.05, 0) is 141 Å². The van der Waals surface area contributed by atoms with Crippen LogP contribution in [0.2, 0.25) is 0 Å². The van der Waals surface area contributed by atoms with Crippen molar-refractivity contribution in [1.29, 1.82) is 5.26 Å². The van der Waals surface area contributed by atoms with Crippen LogP contribution in [0.15, 0.2) is 127 Å². The first-order chi connectivity index (χ1) is 36.4. The van der Waals surface area contributed by atoms with Gasteiger partial charge < -0.3 is 19.5 Å². The van der Waals surface area contributed by atoms with E-state index in [4.69, 9.17) is 9.47 Å². The molecule has 0 amide bonds. The highest BCUT2D eigenvalue weighted by Gasteiger charge is 2.38. The summed E-state index contributed by atoms with van der Waals surface area (Å²) in [4.78, 5) is 20.8. The molecule has 0 radical (unpaired) electrons. The molecular formula is C66H64N2O4S3. The number of aryl methyl sites for hydroxylation is 2. The summed E-state index contributed by atoms with van der Waals surface area (Å²) in [7, 11) is 0. The number of anilines is 3. The lowest BCUT2D eigenvalue weighted by Crippen LogP contribution is -2.18. The second-order valence-corrected chi connectivity index (χ2v) is 24.5. The molecule has 5 aromatic carbocycles. The SMILES string of the molecule is CCCCCCc1cc(/C=C(\C#N)C(=O)O)sc1-c1cc(CCCCCC)c(-c2sc(-c3ccc(N(c4ccc5c(c4)C(C)(C)c4ccccc4-5)c4ccc5c(c4)C(C)(C)c4ccccc4-5)cc3)c3c2OCCO3)s1. The van der Waals surface area contributed by atoms with Crippen LogP contribution in [0.4, 0.5) is 17.1 Å². The van der Waals surface area contributed by atoms with Crippen molar-refractivity contribution in [1.82, 2.24) is 0 Å². The zero-order valence-corrected chi connectivity index (χ0v) is 46.4. The molecular weight excluding hydrogens is 981 g/mol. The first-order valence-electron chi connectivity index (χ1n) is 26.8. The van der Waals surface area contributed by atoms with Crippen LogP contribution in [0.25, 0.3) is 58.3 Å². The Hall–Kier alpha value is -6.70. The van der Waals surface area contributed by atoms with E-state index in [1.165, 1.54) is 90.7 Å². The molecule has 0 unspecified atom stereocenters. The molecule has 8 aromatic rings. The maximum absolute atomic E-state index is 11.9. The quantitative estimate of drug-likeness (QED) is 0.0524. The molecule has 0 spiro atoms. The maximum Gasteiger partial charge on any atom is 0.346 e. The molecule has 0 saturated carbocycles. The lowest BCUT2D eigenvalue weighted by Gasteiger charge is -2.30. The molecule has 3 aromatic heterocycles. The van der Waals surface area contributed by atoms with Gasteiger partial charge in [0.2, 0.25) is 0 Å². The monoisotopic (exact) mass is 1040 g/mol. The van der Waals surface area contributed by atoms with Crippen LogP contribution in [0.5, 0.6) is 11.5 Å². The Morgan fingerprint density at radius 3 is 1.65 bits per heavy atom. The lowest BCUT2D eigenvalue weighted by molar-refractivity contribution is -0.132. The fourth-order valence-corrected chi connectivity index (χ4v) is 15.6. The molecule has 2 aliphatic carbocycles. The summed E-state index contributed by atoms with van der Waals surface area (Å²) in [6.07, 6.45) is 12.5. The largest absolute Gasteiger partial charge is 0.485 e. The number of nitriles is 1. The van der Waals surface area contributed by atoms with Crippen molar-refractivity contribution >= 4 is 63.1 Å².